The number of benzene rings is 1. The van der Waals surface area contributed by atoms with Crippen LogP contribution in [0.4, 0.5) is 14.9 Å². The molecule has 3 aliphatic heterocycles. The molecule has 3 heterocycles. The Labute approximate surface area is 172 Å². The van der Waals surface area contributed by atoms with Crippen LogP contribution in [0.25, 0.3) is 0 Å². The van der Waals surface area contributed by atoms with Gasteiger partial charge in [0.05, 0.1) is 6.54 Å². The molecule has 1 aromatic carbocycles. The number of halogens is 1. The molecule has 154 valence electrons. The SMILES string of the molecule is CC#CCN1CC[C@@]2(C[C@H]1C)C(N1CCCC1C)=NC(=O)N2c1cccc(F)c1. The number of carbonyl (C=O) groups excluding carboxylic acids is 1. The Balaban J connectivity index is 1.74. The molecule has 29 heavy (non-hydrogen) atoms. The number of amides is 2. The van der Waals surface area contributed by atoms with E-state index in [0.717, 1.165) is 51.2 Å². The largest absolute Gasteiger partial charge is 0.355 e. The predicted octanol–water partition coefficient (Wildman–Crippen LogP) is 3.89. The van der Waals surface area contributed by atoms with Gasteiger partial charge in [-0.3, -0.25) is 9.80 Å². The lowest BCUT2D eigenvalue weighted by Gasteiger charge is -2.49. The van der Waals surface area contributed by atoms with E-state index in [4.69, 9.17) is 0 Å². The first-order chi connectivity index (χ1) is 14.0. The summed E-state index contributed by atoms with van der Waals surface area (Å²) in [6.07, 6.45) is 3.75. The summed E-state index contributed by atoms with van der Waals surface area (Å²) in [5.74, 6) is 6.68. The molecule has 4 rings (SSSR count). The van der Waals surface area contributed by atoms with Crippen LogP contribution in [0.1, 0.15) is 46.5 Å². The highest BCUT2D eigenvalue weighted by Gasteiger charge is 2.55. The lowest BCUT2D eigenvalue weighted by atomic mass is 9.80. The molecule has 6 heteroatoms. The fraction of sp³-hybridized carbons (Fsp3) is 0.565. The zero-order valence-corrected chi connectivity index (χ0v) is 17.5. The number of rotatable bonds is 2. The minimum atomic E-state index is -0.529. The van der Waals surface area contributed by atoms with Crippen LogP contribution in [-0.4, -0.2) is 58.9 Å². The molecule has 2 fully saturated rings. The summed E-state index contributed by atoms with van der Waals surface area (Å²) in [7, 11) is 0. The van der Waals surface area contributed by atoms with Gasteiger partial charge in [-0.15, -0.1) is 5.92 Å². The third-order valence-corrected chi connectivity index (χ3v) is 6.66. The molecule has 1 spiro atoms. The molecule has 2 saturated heterocycles. The molecule has 3 aliphatic rings. The van der Waals surface area contributed by atoms with Crippen molar-refractivity contribution in [3.05, 3.63) is 30.1 Å². The molecule has 3 atom stereocenters. The van der Waals surface area contributed by atoms with Crippen LogP contribution in [0, 0.1) is 17.7 Å². The fourth-order valence-electron chi connectivity index (χ4n) is 5.17. The van der Waals surface area contributed by atoms with E-state index in [1.807, 2.05) is 13.0 Å². The van der Waals surface area contributed by atoms with Gasteiger partial charge >= 0.3 is 6.03 Å². The Morgan fingerprint density at radius 1 is 1.28 bits per heavy atom. The highest BCUT2D eigenvalue weighted by Crippen LogP contribution is 2.43. The number of urea groups is 1. The lowest BCUT2D eigenvalue weighted by Crippen LogP contribution is -2.63. The van der Waals surface area contributed by atoms with E-state index in [9.17, 15) is 9.18 Å². The van der Waals surface area contributed by atoms with Crippen molar-refractivity contribution in [1.82, 2.24) is 9.80 Å². The van der Waals surface area contributed by atoms with Crippen molar-refractivity contribution in [2.24, 2.45) is 4.99 Å². The monoisotopic (exact) mass is 396 g/mol. The summed E-state index contributed by atoms with van der Waals surface area (Å²) in [6.45, 7) is 8.73. The molecule has 2 amide bonds. The third-order valence-electron chi connectivity index (χ3n) is 6.66. The highest BCUT2D eigenvalue weighted by molar-refractivity contribution is 6.16. The van der Waals surface area contributed by atoms with Gasteiger partial charge in [0.2, 0.25) is 0 Å². The van der Waals surface area contributed by atoms with Crippen LogP contribution in [-0.2, 0) is 0 Å². The first kappa shape index (κ1) is 19.9. The van der Waals surface area contributed by atoms with Crippen LogP contribution in [0.5, 0.6) is 0 Å². The molecular formula is C23H29FN4O. The van der Waals surface area contributed by atoms with E-state index in [-0.39, 0.29) is 17.9 Å². The van der Waals surface area contributed by atoms with Crippen molar-refractivity contribution in [2.45, 2.75) is 64.1 Å². The fourth-order valence-corrected chi connectivity index (χ4v) is 5.17. The first-order valence-corrected chi connectivity index (χ1v) is 10.6. The van der Waals surface area contributed by atoms with Crippen molar-refractivity contribution >= 4 is 17.6 Å². The summed E-state index contributed by atoms with van der Waals surface area (Å²) in [5.41, 5.74) is 0.0635. The lowest BCUT2D eigenvalue weighted by molar-refractivity contribution is 0.141. The van der Waals surface area contributed by atoms with Crippen molar-refractivity contribution in [3.8, 4) is 11.8 Å². The number of amidine groups is 1. The minimum Gasteiger partial charge on any atom is -0.355 e. The Morgan fingerprint density at radius 2 is 2.10 bits per heavy atom. The molecule has 0 aromatic heterocycles. The predicted molar refractivity (Wildman–Crippen MR) is 114 cm³/mol. The van der Waals surface area contributed by atoms with E-state index < -0.39 is 5.54 Å². The number of likely N-dealkylation sites (tertiary alicyclic amines) is 2. The van der Waals surface area contributed by atoms with E-state index in [0.29, 0.717) is 11.7 Å². The van der Waals surface area contributed by atoms with Crippen molar-refractivity contribution in [3.63, 3.8) is 0 Å². The van der Waals surface area contributed by atoms with E-state index >= 15 is 0 Å². The summed E-state index contributed by atoms with van der Waals surface area (Å²) in [4.78, 5) is 24.1. The van der Waals surface area contributed by atoms with Crippen molar-refractivity contribution in [1.29, 1.82) is 0 Å². The van der Waals surface area contributed by atoms with Gasteiger partial charge in [0.25, 0.3) is 0 Å². The van der Waals surface area contributed by atoms with Gasteiger partial charge in [0.1, 0.15) is 17.2 Å². The standard InChI is InChI=1S/C23H29FN4O/c1-4-5-12-26-14-11-23(16-18(26)3)21(27-13-7-8-17(27)2)25-22(29)28(23)20-10-6-9-19(24)15-20/h6,9-10,15,17-18H,7-8,11-14,16H2,1-3H3/t17?,18-,23-/m1/s1. The number of carbonyl (C=O) groups is 1. The zero-order chi connectivity index (χ0) is 20.6. The highest BCUT2D eigenvalue weighted by atomic mass is 19.1. The smallest absolute Gasteiger partial charge is 0.350 e. The average molecular weight is 397 g/mol. The first-order valence-electron chi connectivity index (χ1n) is 10.6. The molecule has 0 N–H and O–H groups in total. The summed E-state index contributed by atoms with van der Waals surface area (Å²) < 4.78 is 14.0. The van der Waals surface area contributed by atoms with Crippen molar-refractivity contribution in [2.75, 3.05) is 24.5 Å². The summed E-state index contributed by atoms with van der Waals surface area (Å²) in [5, 5.41) is 0. The van der Waals surface area contributed by atoms with Crippen LogP contribution in [0.2, 0.25) is 0 Å². The van der Waals surface area contributed by atoms with Gasteiger partial charge in [-0.05, 0) is 64.7 Å². The third kappa shape index (κ3) is 3.42. The Hall–Kier alpha value is -2.39. The Kier molecular flexibility index (Phi) is 5.35. The minimum absolute atomic E-state index is 0.245. The molecule has 0 bridgehead atoms. The molecule has 1 unspecified atom stereocenters. The molecule has 0 saturated carbocycles. The van der Waals surface area contributed by atoms with E-state index in [2.05, 4.69) is 40.5 Å². The number of piperidine rings is 1. The maximum Gasteiger partial charge on any atom is 0.350 e. The second-order valence-electron chi connectivity index (χ2n) is 8.45. The molecular weight excluding hydrogens is 367 g/mol. The molecule has 5 nitrogen and oxygen atoms in total. The van der Waals surface area contributed by atoms with Gasteiger partial charge in [-0.25, -0.2) is 9.18 Å². The topological polar surface area (TPSA) is 39.1 Å². The normalized spacial score (nSPS) is 29.9. The Bertz CT molecular complexity index is 888. The zero-order valence-electron chi connectivity index (χ0n) is 17.5. The number of nitrogens with zero attached hydrogens (tertiary/aromatic N) is 4. The summed E-state index contributed by atoms with van der Waals surface area (Å²) in [6, 6.07) is 6.67. The van der Waals surface area contributed by atoms with E-state index in [1.165, 1.54) is 12.1 Å². The van der Waals surface area contributed by atoms with Crippen LogP contribution in [0.3, 0.4) is 0 Å². The van der Waals surface area contributed by atoms with E-state index in [1.54, 1.807) is 11.0 Å². The van der Waals surface area contributed by atoms with Gasteiger partial charge < -0.3 is 4.90 Å². The molecule has 0 radical (unpaired) electrons. The molecule has 1 aromatic rings. The van der Waals surface area contributed by atoms with Gasteiger partial charge in [-0.1, -0.05) is 12.0 Å². The average Bonchev–Trinajstić information content (AvgIpc) is 3.22. The number of hydrogen-bond acceptors (Lipinski definition) is 3. The van der Waals surface area contributed by atoms with Crippen LogP contribution < -0.4 is 4.90 Å². The number of aliphatic imine (C=N–C) groups is 1. The van der Waals surface area contributed by atoms with Crippen LogP contribution in [0.15, 0.2) is 29.3 Å². The second-order valence-corrected chi connectivity index (χ2v) is 8.45. The second kappa shape index (κ2) is 7.79. The number of anilines is 1. The maximum absolute atomic E-state index is 14.0. The van der Waals surface area contributed by atoms with Gasteiger partial charge in [0.15, 0.2) is 0 Å². The number of hydrogen-bond donors (Lipinski definition) is 0. The van der Waals surface area contributed by atoms with Gasteiger partial charge in [-0.2, -0.15) is 4.99 Å². The van der Waals surface area contributed by atoms with Gasteiger partial charge in [0, 0.05) is 30.9 Å². The summed E-state index contributed by atoms with van der Waals surface area (Å²) >= 11 is 0. The quantitative estimate of drug-likeness (QED) is 0.712. The van der Waals surface area contributed by atoms with Crippen molar-refractivity contribution < 1.29 is 9.18 Å². The Morgan fingerprint density at radius 3 is 2.76 bits per heavy atom. The van der Waals surface area contributed by atoms with Crippen LogP contribution >= 0.6 is 0 Å². The maximum atomic E-state index is 14.0. The molecule has 0 aliphatic carbocycles.